The molecule has 0 saturated heterocycles. The first-order valence-electron chi connectivity index (χ1n) is 12.2. The number of nitro groups is 1. The van der Waals surface area contributed by atoms with Crippen LogP contribution in [0.2, 0.25) is 5.02 Å². The first-order valence-corrected chi connectivity index (χ1v) is 12.6. The molecular weight excluding hydrogens is 536 g/mol. The molecule has 1 unspecified atom stereocenters. The van der Waals surface area contributed by atoms with Crippen LogP contribution in [-0.4, -0.2) is 40.9 Å². The normalized spacial score (nSPS) is 14.9. The number of anilines is 3. The Morgan fingerprint density at radius 1 is 1.18 bits per heavy atom. The molecule has 40 heavy (non-hydrogen) atoms. The zero-order valence-corrected chi connectivity index (χ0v) is 22.8. The third kappa shape index (κ3) is 5.29. The van der Waals surface area contributed by atoms with Crippen molar-refractivity contribution < 1.29 is 14.1 Å². The largest absolute Gasteiger partial charge is 0.416 e. The highest BCUT2D eigenvalue weighted by atomic mass is 35.5. The number of hydrogen-bond donors (Lipinski definition) is 3. The van der Waals surface area contributed by atoms with E-state index in [-0.39, 0.29) is 23.2 Å². The molecule has 4 aromatic rings. The van der Waals surface area contributed by atoms with Gasteiger partial charge in [-0.25, -0.2) is 9.98 Å². The Labute approximate surface area is 233 Å². The minimum absolute atomic E-state index is 0.00490. The SMILES string of the molecule is CC1=C(C(=O)Nc2cc(N(C)C)ccn2)C(c2ccc(C)cc2Cl)N=C(Nc2nc3cccc([N+](=O)[O-])c3o2)N1. The Kier molecular flexibility index (Phi) is 7.09. The topological polar surface area (TPSA) is 151 Å². The third-order valence-electron chi connectivity index (χ3n) is 6.25. The fourth-order valence-electron chi connectivity index (χ4n) is 4.30. The average molecular weight is 561 g/mol. The lowest BCUT2D eigenvalue weighted by atomic mass is 9.95. The van der Waals surface area contributed by atoms with E-state index >= 15 is 0 Å². The summed E-state index contributed by atoms with van der Waals surface area (Å²) in [5.41, 5.74) is 3.41. The molecule has 1 amide bonds. The molecule has 0 spiro atoms. The fraction of sp³-hybridized carbons (Fsp3) is 0.185. The molecule has 13 heteroatoms. The lowest BCUT2D eigenvalue weighted by molar-refractivity contribution is -0.383. The second kappa shape index (κ2) is 10.7. The third-order valence-corrected chi connectivity index (χ3v) is 6.58. The monoisotopic (exact) mass is 560 g/mol. The van der Waals surface area contributed by atoms with E-state index in [1.54, 1.807) is 31.3 Å². The number of para-hydroxylation sites is 1. The summed E-state index contributed by atoms with van der Waals surface area (Å²) in [5.74, 6) is 0.194. The number of nitro benzene ring substituents is 1. The van der Waals surface area contributed by atoms with E-state index in [0.29, 0.717) is 33.2 Å². The van der Waals surface area contributed by atoms with Gasteiger partial charge in [-0.1, -0.05) is 29.8 Å². The lowest BCUT2D eigenvalue weighted by Gasteiger charge is -2.27. The zero-order chi connectivity index (χ0) is 28.6. The molecule has 1 aliphatic heterocycles. The summed E-state index contributed by atoms with van der Waals surface area (Å²) in [6.07, 6.45) is 1.62. The van der Waals surface area contributed by atoms with Gasteiger partial charge in [-0.3, -0.25) is 20.2 Å². The van der Waals surface area contributed by atoms with Gasteiger partial charge in [0.25, 0.3) is 5.91 Å². The van der Waals surface area contributed by atoms with Crippen LogP contribution < -0.4 is 20.9 Å². The van der Waals surface area contributed by atoms with Crippen LogP contribution in [0.5, 0.6) is 0 Å². The number of halogens is 1. The number of hydrogen-bond acceptors (Lipinski definition) is 10. The number of carbonyl (C=O) groups excluding carboxylic acids is 1. The van der Waals surface area contributed by atoms with Crippen LogP contribution >= 0.6 is 11.6 Å². The standard InChI is InChI=1S/C27H25ClN8O4/c1-14-8-9-17(18(28)12-14)23-22(25(37)32-21-13-16(35(3)4)10-11-29-21)15(2)30-26(33-23)34-27-31-19-6-5-7-20(36(38)39)24(19)40-27/h5-13,23H,1-4H3,(H,29,32,37)(H2,30,31,33,34). The van der Waals surface area contributed by atoms with Gasteiger partial charge < -0.3 is 20.0 Å². The maximum atomic E-state index is 13.6. The minimum atomic E-state index is -0.799. The van der Waals surface area contributed by atoms with Gasteiger partial charge >= 0.3 is 11.7 Å². The molecule has 204 valence electrons. The van der Waals surface area contributed by atoms with Crippen LogP contribution in [0.25, 0.3) is 11.1 Å². The molecule has 0 radical (unpaired) electrons. The molecule has 0 fully saturated rings. The Morgan fingerprint density at radius 3 is 2.70 bits per heavy atom. The van der Waals surface area contributed by atoms with Crippen molar-refractivity contribution in [1.29, 1.82) is 0 Å². The van der Waals surface area contributed by atoms with Gasteiger partial charge in [0, 0.05) is 54.4 Å². The Bertz CT molecular complexity index is 1710. The highest BCUT2D eigenvalue weighted by Gasteiger charge is 2.31. The smallest absolute Gasteiger partial charge is 0.313 e. The first kappa shape index (κ1) is 26.6. The second-order valence-electron chi connectivity index (χ2n) is 9.34. The highest BCUT2D eigenvalue weighted by molar-refractivity contribution is 6.31. The van der Waals surface area contributed by atoms with Gasteiger partial charge in [-0.15, -0.1) is 0 Å². The van der Waals surface area contributed by atoms with Crippen molar-refractivity contribution in [3.8, 4) is 0 Å². The quantitative estimate of drug-likeness (QED) is 0.214. The highest BCUT2D eigenvalue weighted by Crippen LogP contribution is 2.36. The van der Waals surface area contributed by atoms with Gasteiger partial charge in [0.15, 0.2) is 0 Å². The summed E-state index contributed by atoms with van der Waals surface area (Å²) < 4.78 is 5.64. The maximum absolute atomic E-state index is 13.6. The maximum Gasteiger partial charge on any atom is 0.313 e. The fourth-order valence-corrected chi connectivity index (χ4v) is 4.63. The van der Waals surface area contributed by atoms with Crippen molar-refractivity contribution in [2.24, 2.45) is 4.99 Å². The molecule has 0 saturated carbocycles. The van der Waals surface area contributed by atoms with Gasteiger partial charge in [-0.05, 0) is 37.6 Å². The van der Waals surface area contributed by atoms with Crippen molar-refractivity contribution in [3.63, 3.8) is 0 Å². The van der Waals surface area contributed by atoms with E-state index in [1.165, 1.54) is 12.1 Å². The summed E-state index contributed by atoms with van der Waals surface area (Å²) in [5, 5.41) is 20.7. The minimum Gasteiger partial charge on any atom is -0.416 e. The predicted octanol–water partition coefficient (Wildman–Crippen LogP) is 5.18. The molecule has 0 bridgehead atoms. The van der Waals surface area contributed by atoms with Gasteiger partial charge in [0.2, 0.25) is 11.5 Å². The van der Waals surface area contributed by atoms with E-state index in [4.69, 9.17) is 21.0 Å². The Balaban J connectivity index is 1.50. The number of fused-ring (bicyclic) bond motifs is 1. The number of aryl methyl sites for hydroxylation is 1. The number of aliphatic imine (C=N–C) groups is 1. The van der Waals surface area contributed by atoms with Crippen LogP contribution in [0.15, 0.2) is 75.4 Å². The van der Waals surface area contributed by atoms with Crippen molar-refractivity contribution in [1.82, 2.24) is 15.3 Å². The number of nitrogens with one attached hydrogen (secondary N) is 3. The zero-order valence-electron chi connectivity index (χ0n) is 22.0. The molecule has 12 nitrogen and oxygen atoms in total. The lowest BCUT2D eigenvalue weighted by Crippen LogP contribution is -2.37. The van der Waals surface area contributed by atoms with Crippen LogP contribution in [0.1, 0.15) is 24.1 Å². The van der Waals surface area contributed by atoms with Crippen molar-refractivity contribution in [2.45, 2.75) is 19.9 Å². The summed E-state index contributed by atoms with van der Waals surface area (Å²) in [6, 6.07) is 12.8. The van der Waals surface area contributed by atoms with Crippen LogP contribution in [0, 0.1) is 17.0 Å². The molecule has 3 N–H and O–H groups in total. The van der Waals surface area contributed by atoms with E-state index in [2.05, 4.69) is 25.9 Å². The summed E-state index contributed by atoms with van der Waals surface area (Å²) >= 11 is 6.63. The number of oxazole rings is 1. The van der Waals surface area contributed by atoms with E-state index < -0.39 is 16.9 Å². The number of rotatable bonds is 6. The van der Waals surface area contributed by atoms with Gasteiger partial charge in [0.1, 0.15) is 17.4 Å². The van der Waals surface area contributed by atoms with Gasteiger partial charge in [-0.2, -0.15) is 4.98 Å². The van der Waals surface area contributed by atoms with Gasteiger partial charge in [0.05, 0.1) is 10.5 Å². The number of amides is 1. The molecule has 2 aromatic carbocycles. The molecule has 0 aliphatic carbocycles. The van der Waals surface area contributed by atoms with Crippen molar-refractivity contribution >= 4 is 57.8 Å². The molecule has 3 heterocycles. The number of benzene rings is 2. The number of pyridine rings is 1. The molecule has 2 aromatic heterocycles. The average Bonchev–Trinajstić information content (AvgIpc) is 3.30. The molecule has 1 aliphatic rings. The number of allylic oxidation sites excluding steroid dienone is 1. The Hall–Kier alpha value is -4.97. The van der Waals surface area contributed by atoms with Crippen LogP contribution in [0.3, 0.4) is 0 Å². The number of nitrogens with zero attached hydrogens (tertiary/aromatic N) is 5. The summed E-state index contributed by atoms with van der Waals surface area (Å²) in [7, 11) is 3.79. The molecular formula is C27H25ClN8O4. The summed E-state index contributed by atoms with van der Waals surface area (Å²) in [4.78, 5) is 39.7. The van der Waals surface area contributed by atoms with E-state index in [0.717, 1.165) is 11.3 Å². The Morgan fingerprint density at radius 2 is 1.98 bits per heavy atom. The first-order chi connectivity index (χ1) is 19.1. The van der Waals surface area contributed by atoms with E-state index in [9.17, 15) is 14.9 Å². The predicted molar refractivity (Wildman–Crippen MR) is 154 cm³/mol. The number of carbonyl (C=O) groups is 1. The van der Waals surface area contributed by atoms with Crippen LogP contribution in [-0.2, 0) is 4.79 Å². The summed E-state index contributed by atoms with van der Waals surface area (Å²) in [6.45, 7) is 3.65. The second-order valence-corrected chi connectivity index (χ2v) is 9.75. The number of non-ortho nitro benzene ring substituents is 1. The van der Waals surface area contributed by atoms with Crippen LogP contribution in [0.4, 0.5) is 23.2 Å². The number of aromatic nitrogens is 2. The number of guanidine groups is 1. The van der Waals surface area contributed by atoms with E-state index in [1.807, 2.05) is 44.1 Å². The van der Waals surface area contributed by atoms with Crippen molar-refractivity contribution in [3.05, 3.63) is 92.3 Å². The molecule has 1 atom stereocenters. The van der Waals surface area contributed by atoms with Crippen molar-refractivity contribution in [2.75, 3.05) is 29.6 Å². The molecule has 5 rings (SSSR count).